The summed E-state index contributed by atoms with van der Waals surface area (Å²) >= 11 is 1.25. The van der Waals surface area contributed by atoms with Crippen molar-refractivity contribution >= 4 is 40.5 Å². The number of H-pyrrole nitrogens is 1. The van der Waals surface area contributed by atoms with Crippen molar-refractivity contribution in [3.63, 3.8) is 0 Å². The SMILES string of the molecule is CNC(=O)NC(=O)[C@@H](Sc1n[nH]c2nc3ccccc3n12)c1ccccc1. The number of nitrogens with one attached hydrogen (secondary N) is 3. The molecule has 4 aromatic rings. The van der Waals surface area contributed by atoms with Crippen LogP contribution in [0.4, 0.5) is 4.79 Å². The molecule has 2 aromatic heterocycles. The van der Waals surface area contributed by atoms with Gasteiger partial charge in [0.15, 0.2) is 5.16 Å². The Labute approximate surface area is 158 Å². The van der Waals surface area contributed by atoms with Gasteiger partial charge in [-0.15, -0.1) is 5.10 Å². The lowest BCUT2D eigenvalue weighted by Gasteiger charge is -2.15. The summed E-state index contributed by atoms with van der Waals surface area (Å²) in [5, 5.41) is 11.9. The molecule has 0 aliphatic rings. The van der Waals surface area contributed by atoms with Crippen LogP contribution < -0.4 is 10.6 Å². The first-order valence-electron chi connectivity index (χ1n) is 8.23. The van der Waals surface area contributed by atoms with Crippen LogP contribution in [-0.2, 0) is 4.79 Å². The van der Waals surface area contributed by atoms with E-state index in [9.17, 15) is 9.59 Å². The van der Waals surface area contributed by atoms with E-state index in [2.05, 4.69) is 25.8 Å². The molecule has 3 amide bonds. The maximum absolute atomic E-state index is 12.7. The second-order valence-corrected chi connectivity index (χ2v) is 6.81. The summed E-state index contributed by atoms with van der Waals surface area (Å²) in [5.41, 5.74) is 2.49. The van der Waals surface area contributed by atoms with Gasteiger partial charge in [-0.2, -0.15) is 0 Å². The molecule has 0 saturated carbocycles. The van der Waals surface area contributed by atoms with Crippen molar-refractivity contribution in [3.05, 3.63) is 60.2 Å². The third-order valence-electron chi connectivity index (χ3n) is 4.03. The molecule has 0 aliphatic carbocycles. The van der Waals surface area contributed by atoms with Crippen LogP contribution in [-0.4, -0.2) is 38.6 Å². The van der Waals surface area contributed by atoms with Gasteiger partial charge in [0, 0.05) is 7.05 Å². The predicted molar refractivity (Wildman–Crippen MR) is 102 cm³/mol. The largest absolute Gasteiger partial charge is 0.341 e. The molecule has 0 radical (unpaired) electrons. The van der Waals surface area contributed by atoms with Gasteiger partial charge in [-0.05, 0) is 17.7 Å². The molecule has 0 spiro atoms. The zero-order valence-electron chi connectivity index (χ0n) is 14.3. The van der Waals surface area contributed by atoms with Crippen molar-refractivity contribution in [1.82, 2.24) is 30.2 Å². The highest BCUT2D eigenvalue weighted by Crippen LogP contribution is 2.35. The minimum Gasteiger partial charge on any atom is -0.341 e. The lowest BCUT2D eigenvalue weighted by atomic mass is 10.1. The minimum atomic E-state index is -0.656. The standard InChI is InChI=1S/C18H16N6O2S/c1-19-17(26)21-15(25)14(11-7-3-2-4-8-11)27-18-23-22-16-20-12-9-5-6-10-13(12)24(16)18/h2-10,14H,1H3,(H,20,22)(H2,19,21,25,26)/t14-/m0/s1. The number of carbonyl (C=O) groups is 2. The number of rotatable bonds is 4. The fourth-order valence-corrected chi connectivity index (χ4v) is 3.83. The van der Waals surface area contributed by atoms with Crippen LogP contribution in [0.3, 0.4) is 0 Å². The number of imidazole rings is 1. The molecule has 0 unspecified atom stereocenters. The van der Waals surface area contributed by atoms with Crippen LogP contribution in [0.2, 0.25) is 0 Å². The van der Waals surface area contributed by atoms with E-state index in [0.29, 0.717) is 10.9 Å². The Morgan fingerprint density at radius 1 is 1.11 bits per heavy atom. The Kier molecular flexibility index (Phi) is 4.51. The molecule has 2 aromatic carbocycles. The van der Waals surface area contributed by atoms with Gasteiger partial charge in [0.1, 0.15) is 5.25 Å². The number of nitrogens with zero attached hydrogens (tertiary/aromatic N) is 3. The van der Waals surface area contributed by atoms with Crippen LogP contribution >= 0.6 is 11.8 Å². The van der Waals surface area contributed by atoms with E-state index in [1.54, 1.807) is 0 Å². The summed E-state index contributed by atoms with van der Waals surface area (Å²) in [5.74, 6) is 0.170. The molecule has 0 aliphatic heterocycles. The zero-order valence-corrected chi connectivity index (χ0v) is 15.2. The van der Waals surface area contributed by atoms with E-state index in [-0.39, 0.29) is 0 Å². The number of imide groups is 1. The first-order chi connectivity index (χ1) is 13.2. The molecule has 0 fully saturated rings. The highest BCUT2D eigenvalue weighted by atomic mass is 32.2. The van der Waals surface area contributed by atoms with Crippen LogP contribution in [0.25, 0.3) is 16.8 Å². The van der Waals surface area contributed by atoms with Gasteiger partial charge in [-0.1, -0.05) is 54.2 Å². The van der Waals surface area contributed by atoms with Gasteiger partial charge < -0.3 is 5.32 Å². The van der Waals surface area contributed by atoms with E-state index in [4.69, 9.17) is 0 Å². The van der Waals surface area contributed by atoms with Crippen molar-refractivity contribution in [3.8, 4) is 0 Å². The lowest BCUT2D eigenvalue weighted by molar-refractivity contribution is -0.119. The summed E-state index contributed by atoms with van der Waals surface area (Å²) in [7, 11) is 1.46. The van der Waals surface area contributed by atoms with Crippen LogP contribution in [0.15, 0.2) is 59.8 Å². The Balaban J connectivity index is 1.74. The van der Waals surface area contributed by atoms with Gasteiger partial charge in [-0.3, -0.25) is 14.5 Å². The molecule has 3 N–H and O–H groups in total. The summed E-state index contributed by atoms with van der Waals surface area (Å²) in [4.78, 5) is 28.8. The number of amides is 3. The molecule has 8 nitrogen and oxygen atoms in total. The van der Waals surface area contributed by atoms with E-state index in [1.165, 1.54) is 18.8 Å². The Morgan fingerprint density at radius 3 is 2.63 bits per heavy atom. The quantitative estimate of drug-likeness (QED) is 0.472. The average Bonchev–Trinajstić information content (AvgIpc) is 3.26. The molecular formula is C18H16N6O2S. The van der Waals surface area contributed by atoms with E-state index >= 15 is 0 Å². The van der Waals surface area contributed by atoms with Crippen LogP contribution in [0.5, 0.6) is 0 Å². The molecular weight excluding hydrogens is 364 g/mol. The average molecular weight is 380 g/mol. The van der Waals surface area contributed by atoms with Crippen molar-refractivity contribution in [2.75, 3.05) is 7.05 Å². The molecule has 0 saturated heterocycles. The minimum absolute atomic E-state index is 0.425. The zero-order chi connectivity index (χ0) is 18.8. The topological polar surface area (TPSA) is 104 Å². The monoisotopic (exact) mass is 380 g/mol. The fourth-order valence-electron chi connectivity index (χ4n) is 2.77. The second kappa shape index (κ2) is 7.12. The van der Waals surface area contributed by atoms with Crippen LogP contribution in [0, 0.1) is 0 Å². The van der Waals surface area contributed by atoms with Crippen molar-refractivity contribution < 1.29 is 9.59 Å². The van der Waals surface area contributed by atoms with Crippen molar-refractivity contribution in [2.45, 2.75) is 10.4 Å². The van der Waals surface area contributed by atoms with Gasteiger partial charge >= 0.3 is 6.03 Å². The number of benzene rings is 2. The molecule has 9 heteroatoms. The molecule has 0 bridgehead atoms. The molecule has 4 rings (SSSR count). The summed E-state index contributed by atoms with van der Waals surface area (Å²) < 4.78 is 1.86. The number of aromatic amines is 1. The van der Waals surface area contributed by atoms with E-state index < -0.39 is 17.2 Å². The van der Waals surface area contributed by atoms with Crippen LogP contribution in [0.1, 0.15) is 10.8 Å². The maximum atomic E-state index is 12.7. The molecule has 2 heterocycles. The lowest BCUT2D eigenvalue weighted by Crippen LogP contribution is -2.39. The first-order valence-corrected chi connectivity index (χ1v) is 9.11. The number of urea groups is 1. The number of carbonyl (C=O) groups excluding carboxylic acids is 2. The van der Waals surface area contributed by atoms with E-state index in [0.717, 1.165) is 16.6 Å². The summed E-state index contributed by atoms with van der Waals surface area (Å²) in [6, 6.07) is 16.4. The molecule has 1 atom stereocenters. The van der Waals surface area contributed by atoms with Gasteiger partial charge in [0.2, 0.25) is 11.7 Å². The normalized spacial score (nSPS) is 12.2. The first kappa shape index (κ1) is 17.1. The van der Waals surface area contributed by atoms with Gasteiger partial charge in [0.05, 0.1) is 11.0 Å². The van der Waals surface area contributed by atoms with Gasteiger partial charge in [0.25, 0.3) is 0 Å². The maximum Gasteiger partial charge on any atom is 0.321 e. The van der Waals surface area contributed by atoms with Gasteiger partial charge in [-0.25, -0.2) is 14.9 Å². The predicted octanol–water partition coefficient (Wildman–Crippen LogP) is 2.50. The number of thioether (sulfide) groups is 1. The summed E-state index contributed by atoms with van der Waals surface area (Å²) in [6.45, 7) is 0. The fraction of sp³-hybridized carbons (Fsp3) is 0.111. The summed E-state index contributed by atoms with van der Waals surface area (Å²) in [6.07, 6.45) is 0. The third-order valence-corrected chi connectivity index (χ3v) is 5.24. The van der Waals surface area contributed by atoms with E-state index in [1.807, 2.05) is 59.0 Å². The Morgan fingerprint density at radius 2 is 1.85 bits per heavy atom. The molecule has 136 valence electrons. The number of fused-ring (bicyclic) bond motifs is 3. The third kappa shape index (κ3) is 3.24. The second-order valence-electron chi connectivity index (χ2n) is 5.74. The number of para-hydroxylation sites is 2. The number of hydrogen-bond acceptors (Lipinski definition) is 5. The highest BCUT2D eigenvalue weighted by Gasteiger charge is 2.26. The highest BCUT2D eigenvalue weighted by molar-refractivity contribution is 8.00. The smallest absolute Gasteiger partial charge is 0.321 e. The van der Waals surface area contributed by atoms with Crippen molar-refractivity contribution in [1.29, 1.82) is 0 Å². The Bertz CT molecular complexity index is 1120. The number of hydrogen-bond donors (Lipinski definition) is 3. The Hall–Kier alpha value is -3.33. The number of aromatic nitrogens is 4. The molecule has 27 heavy (non-hydrogen) atoms. The van der Waals surface area contributed by atoms with Crippen molar-refractivity contribution in [2.24, 2.45) is 0 Å².